The fourth-order valence-electron chi connectivity index (χ4n) is 1.43. The van der Waals surface area contributed by atoms with Crippen LogP contribution in [0.4, 0.5) is 0 Å². The Kier molecular flexibility index (Phi) is 2.92. The molecule has 1 aromatic rings. The first-order valence-corrected chi connectivity index (χ1v) is 4.81. The van der Waals surface area contributed by atoms with Crippen LogP contribution >= 0.6 is 0 Å². The summed E-state index contributed by atoms with van der Waals surface area (Å²) in [6.45, 7) is -0.384. The minimum Gasteiger partial charge on any atom is -0.475 e. The number of aromatic carboxylic acids is 1. The Morgan fingerprint density at radius 3 is 2.47 bits per heavy atom. The molecule has 2 heterocycles. The number of rotatable bonds is 3. The Bertz CT molecular complexity index is 461. The van der Waals surface area contributed by atoms with Gasteiger partial charge in [0.1, 0.15) is 19.0 Å². The minimum absolute atomic E-state index is 0.0751. The predicted octanol–water partition coefficient (Wildman–Crippen LogP) is -0.137. The van der Waals surface area contributed by atoms with E-state index in [1.54, 1.807) is 0 Å². The van der Waals surface area contributed by atoms with Crippen LogP contribution in [0.5, 0.6) is 0 Å². The normalized spacial score (nSPS) is 16.4. The molecule has 7 heteroatoms. The second kappa shape index (κ2) is 4.38. The number of hydrogen-bond acceptors (Lipinski definition) is 5. The van der Waals surface area contributed by atoms with Gasteiger partial charge in [-0.1, -0.05) is 0 Å². The lowest BCUT2D eigenvalue weighted by Crippen LogP contribution is -2.45. The first-order chi connectivity index (χ1) is 8.08. The average molecular weight is 239 g/mol. The highest BCUT2D eigenvalue weighted by atomic mass is 16.5. The van der Waals surface area contributed by atoms with Gasteiger partial charge in [0.25, 0.3) is 11.8 Å². The summed E-state index contributed by atoms with van der Waals surface area (Å²) >= 11 is 0. The molecule has 1 N–H and O–H groups in total. The Labute approximate surface area is 95.6 Å². The monoisotopic (exact) mass is 239 g/mol. The fraction of sp³-hybridized carbons (Fsp3) is 0.300. The van der Waals surface area contributed by atoms with Gasteiger partial charge in [-0.2, -0.15) is 0 Å². The molecule has 1 aromatic heterocycles. The lowest BCUT2D eigenvalue weighted by molar-refractivity contribution is -0.159. The van der Waals surface area contributed by atoms with Crippen molar-refractivity contribution in [2.45, 2.75) is 6.54 Å². The molecule has 1 saturated heterocycles. The Hall–Kier alpha value is -2.15. The zero-order valence-corrected chi connectivity index (χ0v) is 8.71. The molecule has 1 aliphatic rings. The molecule has 0 saturated carbocycles. The number of morpholine rings is 1. The zero-order chi connectivity index (χ0) is 12.4. The SMILES string of the molecule is O=C(O)c1ccc(CN2C(=O)COCC2=O)o1. The molecule has 90 valence electrons. The van der Waals surface area contributed by atoms with Crippen molar-refractivity contribution in [3.8, 4) is 0 Å². The van der Waals surface area contributed by atoms with E-state index in [0.29, 0.717) is 0 Å². The summed E-state index contributed by atoms with van der Waals surface area (Å²) in [7, 11) is 0. The molecule has 0 unspecified atom stereocenters. The number of ether oxygens (including phenoxy) is 1. The van der Waals surface area contributed by atoms with Gasteiger partial charge in [0.15, 0.2) is 0 Å². The maximum absolute atomic E-state index is 11.4. The number of carboxylic acids is 1. The summed E-state index contributed by atoms with van der Waals surface area (Å²) in [5.74, 6) is -2.11. The molecule has 1 aliphatic heterocycles. The second-order valence-electron chi connectivity index (χ2n) is 3.44. The van der Waals surface area contributed by atoms with Crippen molar-refractivity contribution in [3.05, 3.63) is 23.7 Å². The van der Waals surface area contributed by atoms with E-state index in [0.717, 1.165) is 4.90 Å². The summed E-state index contributed by atoms with van der Waals surface area (Å²) in [4.78, 5) is 34.3. The van der Waals surface area contributed by atoms with E-state index in [9.17, 15) is 14.4 Å². The van der Waals surface area contributed by atoms with Crippen LogP contribution in [0.25, 0.3) is 0 Å². The number of carbonyl (C=O) groups excluding carboxylic acids is 2. The highest BCUT2D eigenvalue weighted by molar-refractivity contribution is 5.98. The van der Waals surface area contributed by atoms with E-state index < -0.39 is 17.8 Å². The highest BCUT2D eigenvalue weighted by Gasteiger charge is 2.27. The summed E-state index contributed by atoms with van der Waals surface area (Å²) in [6.07, 6.45) is 0. The van der Waals surface area contributed by atoms with E-state index in [4.69, 9.17) is 14.3 Å². The van der Waals surface area contributed by atoms with E-state index in [1.165, 1.54) is 12.1 Å². The first kappa shape index (κ1) is 11.3. The highest BCUT2D eigenvalue weighted by Crippen LogP contribution is 2.12. The molecular weight excluding hydrogens is 230 g/mol. The molecule has 1 fully saturated rings. The molecule has 0 spiro atoms. The molecule has 2 amide bonds. The van der Waals surface area contributed by atoms with Crippen LogP contribution in [0.15, 0.2) is 16.5 Å². The molecule has 17 heavy (non-hydrogen) atoms. The lowest BCUT2D eigenvalue weighted by atomic mass is 10.3. The average Bonchev–Trinajstić information content (AvgIpc) is 2.72. The van der Waals surface area contributed by atoms with Crippen LogP contribution in [-0.4, -0.2) is 41.0 Å². The number of furan rings is 1. The van der Waals surface area contributed by atoms with Gasteiger partial charge in [0.05, 0.1) is 6.54 Å². The number of amides is 2. The maximum atomic E-state index is 11.4. The van der Waals surface area contributed by atoms with Crippen molar-refractivity contribution < 1.29 is 28.6 Å². The molecule has 0 aliphatic carbocycles. The molecule has 0 atom stereocenters. The van der Waals surface area contributed by atoms with E-state index in [-0.39, 0.29) is 31.3 Å². The Balaban J connectivity index is 2.11. The largest absolute Gasteiger partial charge is 0.475 e. The number of carboxylic acid groups (broad SMARTS) is 1. The molecular formula is C10H9NO6. The van der Waals surface area contributed by atoms with Crippen LogP contribution in [0.3, 0.4) is 0 Å². The van der Waals surface area contributed by atoms with Crippen molar-refractivity contribution in [1.82, 2.24) is 4.90 Å². The van der Waals surface area contributed by atoms with Gasteiger partial charge >= 0.3 is 5.97 Å². The lowest BCUT2D eigenvalue weighted by Gasteiger charge is -2.23. The van der Waals surface area contributed by atoms with Crippen molar-refractivity contribution >= 4 is 17.8 Å². The van der Waals surface area contributed by atoms with E-state index >= 15 is 0 Å². The van der Waals surface area contributed by atoms with Gasteiger partial charge in [-0.05, 0) is 12.1 Å². The molecule has 2 rings (SSSR count). The van der Waals surface area contributed by atoms with Crippen molar-refractivity contribution in [2.75, 3.05) is 13.2 Å². The second-order valence-corrected chi connectivity index (χ2v) is 3.44. The number of hydrogen-bond donors (Lipinski definition) is 1. The number of imide groups is 1. The van der Waals surface area contributed by atoms with Gasteiger partial charge in [0.2, 0.25) is 5.76 Å². The third kappa shape index (κ3) is 2.34. The maximum Gasteiger partial charge on any atom is 0.371 e. The van der Waals surface area contributed by atoms with Crippen molar-refractivity contribution in [1.29, 1.82) is 0 Å². The molecule has 0 bridgehead atoms. The van der Waals surface area contributed by atoms with Gasteiger partial charge < -0.3 is 14.3 Å². The first-order valence-electron chi connectivity index (χ1n) is 4.81. The summed E-state index contributed by atoms with van der Waals surface area (Å²) in [5.41, 5.74) is 0. The number of carbonyl (C=O) groups is 3. The van der Waals surface area contributed by atoms with Gasteiger partial charge in [-0.25, -0.2) is 4.79 Å². The van der Waals surface area contributed by atoms with Crippen LogP contribution in [0.1, 0.15) is 16.3 Å². The fourth-order valence-corrected chi connectivity index (χ4v) is 1.43. The number of nitrogens with zero attached hydrogens (tertiary/aromatic N) is 1. The summed E-state index contributed by atoms with van der Waals surface area (Å²) in [5, 5.41) is 8.65. The topological polar surface area (TPSA) is 97.0 Å². The quantitative estimate of drug-likeness (QED) is 0.737. The van der Waals surface area contributed by atoms with Gasteiger partial charge in [-0.3, -0.25) is 14.5 Å². The minimum atomic E-state index is -1.20. The van der Waals surface area contributed by atoms with Crippen LogP contribution in [0.2, 0.25) is 0 Å². The summed E-state index contributed by atoms with van der Waals surface area (Å²) in [6, 6.07) is 2.69. The molecule has 0 radical (unpaired) electrons. The molecule has 7 nitrogen and oxygen atoms in total. The van der Waals surface area contributed by atoms with Crippen LogP contribution < -0.4 is 0 Å². The van der Waals surface area contributed by atoms with E-state index in [1.807, 2.05) is 0 Å². The van der Waals surface area contributed by atoms with Crippen molar-refractivity contribution in [3.63, 3.8) is 0 Å². The smallest absolute Gasteiger partial charge is 0.371 e. The Morgan fingerprint density at radius 1 is 1.29 bits per heavy atom. The van der Waals surface area contributed by atoms with Crippen molar-refractivity contribution in [2.24, 2.45) is 0 Å². The predicted molar refractivity (Wildman–Crippen MR) is 52.0 cm³/mol. The third-order valence-corrected chi connectivity index (χ3v) is 2.24. The van der Waals surface area contributed by atoms with Crippen LogP contribution in [0, 0.1) is 0 Å². The van der Waals surface area contributed by atoms with Crippen LogP contribution in [-0.2, 0) is 20.9 Å². The van der Waals surface area contributed by atoms with Gasteiger partial charge in [0, 0.05) is 0 Å². The standard InChI is InChI=1S/C10H9NO6/c12-8-4-16-5-9(13)11(8)3-6-1-2-7(17-6)10(14)15/h1-2H,3-5H2,(H,14,15). The zero-order valence-electron chi connectivity index (χ0n) is 8.71. The molecule has 0 aromatic carbocycles. The Morgan fingerprint density at radius 2 is 1.94 bits per heavy atom. The third-order valence-electron chi connectivity index (χ3n) is 2.24. The van der Waals surface area contributed by atoms with Gasteiger partial charge in [-0.15, -0.1) is 0 Å². The summed E-state index contributed by atoms with van der Waals surface area (Å²) < 4.78 is 9.70. The van der Waals surface area contributed by atoms with E-state index in [2.05, 4.69) is 0 Å².